The summed E-state index contributed by atoms with van der Waals surface area (Å²) < 4.78 is 18.2. The quantitative estimate of drug-likeness (QED) is 0.869. The SMILES string of the molecule is CCOC(=O)c1cc(C#N)ccc1Nc1ccc(F)cc1C. The van der Waals surface area contributed by atoms with Gasteiger partial charge in [-0.15, -0.1) is 0 Å². The molecule has 0 heterocycles. The molecule has 22 heavy (non-hydrogen) atoms. The van der Waals surface area contributed by atoms with Crippen molar-refractivity contribution in [3.05, 3.63) is 58.9 Å². The molecule has 0 amide bonds. The van der Waals surface area contributed by atoms with Crippen LogP contribution in [-0.2, 0) is 4.74 Å². The number of esters is 1. The van der Waals surface area contributed by atoms with Crippen LogP contribution in [0.1, 0.15) is 28.4 Å². The van der Waals surface area contributed by atoms with E-state index in [0.717, 1.165) is 0 Å². The minimum absolute atomic E-state index is 0.241. The largest absolute Gasteiger partial charge is 0.462 e. The number of nitriles is 1. The average Bonchev–Trinajstić information content (AvgIpc) is 2.50. The molecule has 0 saturated heterocycles. The van der Waals surface area contributed by atoms with Crippen LogP contribution in [0.5, 0.6) is 0 Å². The van der Waals surface area contributed by atoms with Gasteiger partial charge in [-0.1, -0.05) is 0 Å². The lowest BCUT2D eigenvalue weighted by molar-refractivity contribution is 0.0527. The minimum atomic E-state index is -0.512. The van der Waals surface area contributed by atoms with Crippen LogP contribution in [-0.4, -0.2) is 12.6 Å². The van der Waals surface area contributed by atoms with Crippen LogP contribution in [0, 0.1) is 24.1 Å². The molecule has 2 aromatic carbocycles. The van der Waals surface area contributed by atoms with Crippen molar-refractivity contribution in [2.24, 2.45) is 0 Å². The third-order valence-electron chi connectivity index (χ3n) is 3.10. The fraction of sp³-hybridized carbons (Fsp3) is 0.176. The van der Waals surface area contributed by atoms with Gasteiger partial charge in [0.15, 0.2) is 0 Å². The summed E-state index contributed by atoms with van der Waals surface area (Å²) in [6, 6.07) is 11.0. The zero-order valence-corrected chi connectivity index (χ0v) is 12.3. The van der Waals surface area contributed by atoms with E-state index in [0.29, 0.717) is 22.5 Å². The Morgan fingerprint density at radius 1 is 1.27 bits per heavy atom. The van der Waals surface area contributed by atoms with Crippen LogP contribution in [0.4, 0.5) is 15.8 Å². The van der Waals surface area contributed by atoms with Crippen molar-refractivity contribution < 1.29 is 13.9 Å². The Bertz CT molecular complexity index is 751. The van der Waals surface area contributed by atoms with Gasteiger partial charge in [-0.3, -0.25) is 0 Å². The molecule has 0 saturated carbocycles. The van der Waals surface area contributed by atoms with Crippen molar-refractivity contribution in [2.75, 3.05) is 11.9 Å². The Hall–Kier alpha value is -2.87. The van der Waals surface area contributed by atoms with Crippen molar-refractivity contribution >= 4 is 17.3 Å². The number of nitrogens with zero attached hydrogens (tertiary/aromatic N) is 1. The molecule has 112 valence electrons. The van der Waals surface area contributed by atoms with E-state index in [9.17, 15) is 9.18 Å². The summed E-state index contributed by atoms with van der Waals surface area (Å²) in [5.74, 6) is -0.838. The number of ether oxygens (including phenoxy) is 1. The summed E-state index contributed by atoms with van der Waals surface area (Å²) in [5, 5.41) is 12.0. The summed E-state index contributed by atoms with van der Waals surface area (Å²) in [4.78, 5) is 12.0. The van der Waals surface area contributed by atoms with E-state index in [-0.39, 0.29) is 18.0 Å². The van der Waals surface area contributed by atoms with Gasteiger partial charge in [-0.05, 0) is 55.8 Å². The summed E-state index contributed by atoms with van der Waals surface area (Å²) in [5.41, 5.74) is 2.53. The topological polar surface area (TPSA) is 62.1 Å². The van der Waals surface area contributed by atoms with Gasteiger partial charge in [0.2, 0.25) is 0 Å². The molecule has 0 bridgehead atoms. The van der Waals surface area contributed by atoms with E-state index in [1.807, 2.05) is 6.07 Å². The number of aryl methyl sites for hydroxylation is 1. The molecule has 0 aliphatic rings. The first kappa shape index (κ1) is 15.5. The standard InChI is InChI=1S/C17H15FN2O2/c1-3-22-17(21)14-9-12(10-19)4-6-16(14)20-15-7-5-13(18)8-11(15)2/h4-9,20H,3H2,1-2H3. The molecular weight excluding hydrogens is 283 g/mol. The van der Waals surface area contributed by atoms with Gasteiger partial charge in [-0.25, -0.2) is 9.18 Å². The van der Waals surface area contributed by atoms with E-state index >= 15 is 0 Å². The second kappa shape index (κ2) is 6.72. The normalized spacial score (nSPS) is 9.91. The average molecular weight is 298 g/mol. The highest BCUT2D eigenvalue weighted by Gasteiger charge is 2.14. The summed E-state index contributed by atoms with van der Waals surface area (Å²) in [6.07, 6.45) is 0. The summed E-state index contributed by atoms with van der Waals surface area (Å²) >= 11 is 0. The number of hydrogen-bond donors (Lipinski definition) is 1. The highest BCUT2D eigenvalue weighted by molar-refractivity contribution is 5.97. The second-order valence-electron chi connectivity index (χ2n) is 4.68. The minimum Gasteiger partial charge on any atom is -0.462 e. The Morgan fingerprint density at radius 3 is 2.64 bits per heavy atom. The Morgan fingerprint density at radius 2 is 2.00 bits per heavy atom. The van der Waals surface area contributed by atoms with Gasteiger partial charge in [-0.2, -0.15) is 5.26 Å². The highest BCUT2D eigenvalue weighted by Crippen LogP contribution is 2.25. The van der Waals surface area contributed by atoms with Crippen molar-refractivity contribution in [3.8, 4) is 6.07 Å². The Kier molecular flexibility index (Phi) is 4.74. The fourth-order valence-corrected chi connectivity index (χ4v) is 2.01. The number of carbonyl (C=O) groups excluding carboxylic acids is 1. The molecule has 2 rings (SSSR count). The smallest absolute Gasteiger partial charge is 0.340 e. The lowest BCUT2D eigenvalue weighted by Crippen LogP contribution is -2.08. The molecular formula is C17H15FN2O2. The van der Waals surface area contributed by atoms with Crippen molar-refractivity contribution in [1.82, 2.24) is 0 Å². The maximum absolute atomic E-state index is 13.2. The number of rotatable bonds is 4. The number of carbonyl (C=O) groups is 1. The Balaban J connectivity index is 2.41. The molecule has 0 spiro atoms. The maximum Gasteiger partial charge on any atom is 0.340 e. The second-order valence-corrected chi connectivity index (χ2v) is 4.68. The van der Waals surface area contributed by atoms with Crippen LogP contribution in [0.15, 0.2) is 36.4 Å². The van der Waals surface area contributed by atoms with Crippen LogP contribution >= 0.6 is 0 Å². The van der Waals surface area contributed by atoms with Gasteiger partial charge in [0.25, 0.3) is 0 Å². The van der Waals surface area contributed by atoms with Crippen molar-refractivity contribution in [1.29, 1.82) is 5.26 Å². The molecule has 0 aromatic heterocycles. The van der Waals surface area contributed by atoms with E-state index in [1.165, 1.54) is 18.2 Å². The fourth-order valence-electron chi connectivity index (χ4n) is 2.01. The molecule has 0 atom stereocenters. The van der Waals surface area contributed by atoms with E-state index < -0.39 is 5.97 Å². The zero-order valence-electron chi connectivity index (χ0n) is 12.3. The zero-order chi connectivity index (χ0) is 16.1. The molecule has 1 N–H and O–H groups in total. The monoisotopic (exact) mass is 298 g/mol. The first-order chi connectivity index (χ1) is 10.5. The molecule has 0 unspecified atom stereocenters. The number of halogens is 1. The van der Waals surface area contributed by atoms with Crippen LogP contribution in [0.25, 0.3) is 0 Å². The molecule has 0 aliphatic heterocycles. The van der Waals surface area contributed by atoms with E-state index in [2.05, 4.69) is 5.32 Å². The third kappa shape index (κ3) is 3.41. The van der Waals surface area contributed by atoms with Crippen molar-refractivity contribution in [3.63, 3.8) is 0 Å². The van der Waals surface area contributed by atoms with Gasteiger partial charge in [0.05, 0.1) is 29.5 Å². The molecule has 0 aliphatic carbocycles. The highest BCUT2D eigenvalue weighted by atomic mass is 19.1. The van der Waals surface area contributed by atoms with Gasteiger partial charge in [0, 0.05) is 5.69 Å². The Labute approximate surface area is 128 Å². The van der Waals surface area contributed by atoms with E-state index in [1.54, 1.807) is 32.0 Å². The van der Waals surface area contributed by atoms with Gasteiger partial charge >= 0.3 is 5.97 Å². The molecule has 2 aromatic rings. The van der Waals surface area contributed by atoms with Gasteiger partial charge < -0.3 is 10.1 Å². The van der Waals surface area contributed by atoms with Crippen LogP contribution in [0.3, 0.4) is 0 Å². The lowest BCUT2D eigenvalue weighted by Gasteiger charge is -2.13. The first-order valence-corrected chi connectivity index (χ1v) is 6.79. The molecule has 0 fully saturated rings. The number of anilines is 2. The summed E-state index contributed by atoms with van der Waals surface area (Å²) in [7, 11) is 0. The number of hydrogen-bond acceptors (Lipinski definition) is 4. The number of nitrogens with one attached hydrogen (secondary N) is 1. The van der Waals surface area contributed by atoms with Crippen molar-refractivity contribution in [2.45, 2.75) is 13.8 Å². The lowest BCUT2D eigenvalue weighted by atomic mass is 10.1. The van der Waals surface area contributed by atoms with Crippen LogP contribution in [0.2, 0.25) is 0 Å². The maximum atomic E-state index is 13.2. The molecule has 5 heteroatoms. The first-order valence-electron chi connectivity index (χ1n) is 6.79. The predicted molar refractivity (Wildman–Crippen MR) is 81.5 cm³/mol. The molecule has 4 nitrogen and oxygen atoms in total. The van der Waals surface area contributed by atoms with E-state index in [4.69, 9.17) is 10.00 Å². The predicted octanol–water partition coefficient (Wildman–Crippen LogP) is 3.93. The molecule has 0 radical (unpaired) electrons. The van der Waals surface area contributed by atoms with Crippen LogP contribution < -0.4 is 5.32 Å². The third-order valence-corrected chi connectivity index (χ3v) is 3.10. The number of benzene rings is 2. The van der Waals surface area contributed by atoms with Gasteiger partial charge in [0.1, 0.15) is 5.82 Å². The summed E-state index contributed by atoms with van der Waals surface area (Å²) in [6.45, 7) is 3.72.